The minimum atomic E-state index is -0.435. The molecule has 2 atom stereocenters. The average molecular weight is 387 g/mol. The van der Waals surface area contributed by atoms with Crippen LogP contribution in [0, 0.1) is 24.6 Å². The Labute approximate surface area is 164 Å². The Morgan fingerprint density at radius 2 is 2.07 bits per heavy atom. The molecule has 0 unspecified atom stereocenters. The van der Waals surface area contributed by atoms with Crippen LogP contribution in [0.3, 0.4) is 0 Å². The number of carbonyl (C=O) groups is 1. The molecule has 150 valence electrons. The predicted octanol–water partition coefficient (Wildman–Crippen LogP) is 4.16. The normalized spacial score (nSPS) is 26.1. The van der Waals surface area contributed by atoms with Gasteiger partial charge in [-0.05, 0) is 37.5 Å². The fourth-order valence-corrected chi connectivity index (χ4v) is 4.27. The first-order valence-corrected chi connectivity index (χ1v) is 9.86. The fourth-order valence-electron chi connectivity index (χ4n) is 4.27. The summed E-state index contributed by atoms with van der Waals surface area (Å²) in [5, 5.41) is 0. The molecular formula is C22H26F2N2O2. The Morgan fingerprint density at radius 1 is 1.29 bits per heavy atom. The first-order chi connectivity index (χ1) is 13.4. The molecule has 4 rings (SSSR count). The second-order valence-electron chi connectivity index (χ2n) is 8.22. The lowest BCUT2D eigenvalue weighted by molar-refractivity contribution is -0.0411. The molecule has 3 saturated heterocycles. The molecule has 3 heterocycles. The highest BCUT2D eigenvalue weighted by Crippen LogP contribution is 2.32. The molecule has 3 aliphatic heterocycles. The fraction of sp³-hybridized carbons (Fsp3) is 0.500. The second kappa shape index (κ2) is 7.66. The van der Waals surface area contributed by atoms with E-state index in [-0.39, 0.29) is 23.6 Å². The summed E-state index contributed by atoms with van der Waals surface area (Å²) in [6, 6.07) is 4.38. The zero-order valence-corrected chi connectivity index (χ0v) is 16.2. The van der Waals surface area contributed by atoms with Crippen LogP contribution >= 0.6 is 0 Å². The van der Waals surface area contributed by atoms with Crippen LogP contribution in [0.15, 0.2) is 36.4 Å². The highest BCUT2D eigenvalue weighted by Gasteiger charge is 2.38. The number of ether oxygens (including phenoxy) is 1. The van der Waals surface area contributed by atoms with Gasteiger partial charge in [0.15, 0.2) is 0 Å². The maximum atomic E-state index is 14.4. The number of amides is 2. The molecule has 0 saturated carbocycles. The van der Waals surface area contributed by atoms with Crippen LogP contribution in [-0.2, 0) is 4.74 Å². The van der Waals surface area contributed by atoms with Gasteiger partial charge in [0.1, 0.15) is 11.6 Å². The van der Waals surface area contributed by atoms with Crippen LogP contribution in [-0.4, -0.2) is 54.7 Å². The summed E-state index contributed by atoms with van der Waals surface area (Å²) < 4.78 is 33.8. The Kier molecular flexibility index (Phi) is 5.23. The number of urea groups is 1. The van der Waals surface area contributed by atoms with E-state index in [2.05, 4.69) is 6.58 Å². The molecule has 0 radical (unpaired) electrons. The molecule has 1 aromatic carbocycles. The van der Waals surface area contributed by atoms with Gasteiger partial charge in [0.05, 0.1) is 12.7 Å². The van der Waals surface area contributed by atoms with Crippen molar-refractivity contribution in [1.29, 1.82) is 0 Å². The van der Waals surface area contributed by atoms with Gasteiger partial charge in [0, 0.05) is 43.6 Å². The minimum absolute atomic E-state index is 0.0149. The van der Waals surface area contributed by atoms with E-state index in [0.29, 0.717) is 44.3 Å². The van der Waals surface area contributed by atoms with Crippen molar-refractivity contribution >= 4 is 11.9 Å². The lowest BCUT2D eigenvalue weighted by Crippen LogP contribution is -2.58. The number of hydrogen-bond acceptors (Lipinski definition) is 2. The summed E-state index contributed by atoms with van der Waals surface area (Å²) >= 11 is 0. The molecule has 3 aliphatic rings. The molecule has 1 aromatic rings. The Bertz CT molecular complexity index is 817. The van der Waals surface area contributed by atoms with E-state index in [1.165, 1.54) is 12.1 Å². The van der Waals surface area contributed by atoms with Gasteiger partial charge in [-0.15, -0.1) is 0 Å². The van der Waals surface area contributed by atoms with Crippen LogP contribution in [0.25, 0.3) is 5.83 Å². The number of piperidine rings is 1. The monoisotopic (exact) mass is 387 g/mol. The summed E-state index contributed by atoms with van der Waals surface area (Å²) in [5.74, 6) is -0.563. The first kappa shape index (κ1) is 19.1. The summed E-state index contributed by atoms with van der Waals surface area (Å²) in [4.78, 5) is 16.4. The molecule has 0 N–H and O–H groups in total. The molecule has 0 aromatic heterocycles. The van der Waals surface area contributed by atoms with Gasteiger partial charge < -0.3 is 14.5 Å². The SMILES string of the molecule is C=C1CO[C@H]2CCN([11C](=O)N3CC(C=C(F)c4ccc(C)c(F)c4)C3)C[C@H]2C1. The maximum absolute atomic E-state index is 14.4. The van der Waals surface area contributed by atoms with Gasteiger partial charge in [-0.2, -0.15) is 0 Å². The number of carbonyl (C=O) groups excluding carboxylic acids is 1. The van der Waals surface area contributed by atoms with E-state index in [1.807, 2.05) is 4.90 Å². The Morgan fingerprint density at radius 3 is 2.82 bits per heavy atom. The number of fused-ring (bicyclic) bond motifs is 1. The van der Waals surface area contributed by atoms with Crippen molar-refractivity contribution in [2.24, 2.45) is 11.8 Å². The lowest BCUT2D eigenvalue weighted by atomic mass is 9.83. The van der Waals surface area contributed by atoms with Gasteiger partial charge in [-0.3, -0.25) is 0 Å². The highest BCUT2D eigenvalue weighted by atomic mass is 19.1. The molecule has 0 aliphatic carbocycles. The van der Waals surface area contributed by atoms with Crippen LogP contribution in [0.2, 0.25) is 0 Å². The number of likely N-dealkylation sites (tertiary alicyclic amines) is 2. The van der Waals surface area contributed by atoms with Crippen LogP contribution < -0.4 is 0 Å². The summed E-state index contributed by atoms with van der Waals surface area (Å²) in [7, 11) is 0. The zero-order chi connectivity index (χ0) is 19.8. The zero-order valence-electron chi connectivity index (χ0n) is 16.2. The van der Waals surface area contributed by atoms with Crippen molar-refractivity contribution in [3.8, 4) is 0 Å². The first-order valence-electron chi connectivity index (χ1n) is 9.86. The highest BCUT2D eigenvalue weighted by molar-refractivity contribution is 5.76. The number of nitrogens with zero attached hydrogens (tertiary/aromatic N) is 2. The van der Waals surface area contributed by atoms with Crippen LogP contribution in [0.4, 0.5) is 13.6 Å². The Hall–Kier alpha value is -2.21. The topological polar surface area (TPSA) is 32.8 Å². The minimum Gasteiger partial charge on any atom is -0.373 e. The summed E-state index contributed by atoms with van der Waals surface area (Å²) in [6.07, 6.45) is 3.50. The van der Waals surface area contributed by atoms with E-state index in [0.717, 1.165) is 18.4 Å². The van der Waals surface area contributed by atoms with Gasteiger partial charge in [-0.25, -0.2) is 13.6 Å². The molecule has 0 bridgehead atoms. The smallest absolute Gasteiger partial charge is 0.320 e. The number of aryl methyl sites for hydroxylation is 1. The third kappa shape index (κ3) is 3.83. The standard InChI is InChI=1S/C22H26F2N2O2/c1-14-7-18-12-25(6-5-21(18)28-13-14)22(27)26-10-16(11-26)8-20(24)17-4-3-15(2)19(23)9-17/h3-4,8-9,16,18,21H,1,5-7,10-13H2,2H3/t18-,21+/m1/s1/i22-1. The number of hydrogen-bond donors (Lipinski definition) is 0. The molecule has 28 heavy (non-hydrogen) atoms. The van der Waals surface area contributed by atoms with Gasteiger partial charge >= 0.3 is 6.03 Å². The molecule has 6 heteroatoms. The van der Waals surface area contributed by atoms with Crippen molar-refractivity contribution in [2.45, 2.75) is 25.9 Å². The van der Waals surface area contributed by atoms with E-state index in [4.69, 9.17) is 4.74 Å². The lowest BCUT2D eigenvalue weighted by Gasteiger charge is -2.46. The average Bonchev–Trinajstić information content (AvgIpc) is 2.65. The quantitative estimate of drug-likeness (QED) is 0.714. The summed E-state index contributed by atoms with van der Waals surface area (Å²) in [5.41, 5.74) is 1.83. The molecule has 4 nitrogen and oxygen atoms in total. The summed E-state index contributed by atoms with van der Waals surface area (Å²) in [6.45, 7) is 8.66. The van der Waals surface area contributed by atoms with E-state index >= 15 is 0 Å². The van der Waals surface area contributed by atoms with Crippen molar-refractivity contribution < 1.29 is 18.3 Å². The Balaban J connectivity index is 1.31. The third-order valence-corrected chi connectivity index (χ3v) is 6.00. The van der Waals surface area contributed by atoms with Crippen molar-refractivity contribution in [1.82, 2.24) is 9.80 Å². The molecular weight excluding hydrogens is 361 g/mol. The maximum Gasteiger partial charge on any atom is 0.320 e. The van der Waals surface area contributed by atoms with E-state index < -0.39 is 11.6 Å². The van der Waals surface area contributed by atoms with Crippen LogP contribution in [0.5, 0.6) is 0 Å². The van der Waals surface area contributed by atoms with Crippen LogP contribution in [0.1, 0.15) is 24.0 Å². The number of rotatable bonds is 2. The van der Waals surface area contributed by atoms with E-state index in [9.17, 15) is 13.6 Å². The third-order valence-electron chi connectivity index (χ3n) is 6.00. The van der Waals surface area contributed by atoms with Crippen molar-refractivity contribution in [2.75, 3.05) is 32.8 Å². The van der Waals surface area contributed by atoms with Gasteiger partial charge in [0.25, 0.3) is 0 Å². The number of benzene rings is 1. The van der Waals surface area contributed by atoms with Crippen molar-refractivity contribution in [3.05, 3.63) is 53.4 Å². The second-order valence-corrected chi connectivity index (χ2v) is 8.22. The molecule has 3 fully saturated rings. The van der Waals surface area contributed by atoms with Gasteiger partial charge in [0.2, 0.25) is 0 Å². The van der Waals surface area contributed by atoms with Gasteiger partial charge in [-0.1, -0.05) is 24.3 Å². The van der Waals surface area contributed by atoms with Crippen molar-refractivity contribution in [3.63, 3.8) is 0 Å². The predicted molar refractivity (Wildman–Crippen MR) is 104 cm³/mol. The van der Waals surface area contributed by atoms with E-state index in [1.54, 1.807) is 24.0 Å². The largest absolute Gasteiger partial charge is 0.373 e. The number of halogens is 2. The molecule has 2 amide bonds. The molecule has 0 spiro atoms.